The van der Waals surface area contributed by atoms with E-state index < -0.39 is 11.7 Å². The molecule has 174 valence electrons. The second kappa shape index (κ2) is 9.45. The number of hydrogen-bond acceptors (Lipinski definition) is 5. The van der Waals surface area contributed by atoms with Gasteiger partial charge in [0.05, 0.1) is 24.8 Å². The standard InChI is InChI=1S/C25H27ClN2O5/c1-25(2,3)33-24(30)27-15-20-13-19-12-18(14-21(26)22(19)32-20)16-4-6-17(7-5-16)23(29)28-8-10-31-11-9-28/h4-7,12-14H,8-11,15H2,1-3H3,(H,27,30). The first-order valence-corrected chi connectivity index (χ1v) is 11.2. The van der Waals surface area contributed by atoms with Gasteiger partial charge in [-0.2, -0.15) is 0 Å². The molecule has 33 heavy (non-hydrogen) atoms. The van der Waals surface area contributed by atoms with Gasteiger partial charge in [0.1, 0.15) is 11.4 Å². The van der Waals surface area contributed by atoms with Crippen molar-refractivity contribution in [2.75, 3.05) is 26.3 Å². The number of fused-ring (bicyclic) bond motifs is 1. The largest absolute Gasteiger partial charge is 0.458 e. The molecular weight excluding hydrogens is 444 g/mol. The second-order valence-corrected chi connectivity index (χ2v) is 9.33. The third-order valence-electron chi connectivity index (χ3n) is 5.19. The number of rotatable bonds is 4. The number of amides is 2. The molecule has 7 nitrogen and oxygen atoms in total. The van der Waals surface area contributed by atoms with Crippen LogP contribution in [-0.4, -0.2) is 48.8 Å². The lowest BCUT2D eigenvalue weighted by Gasteiger charge is -2.26. The predicted molar refractivity (Wildman–Crippen MR) is 126 cm³/mol. The fraction of sp³-hybridized carbons (Fsp3) is 0.360. The zero-order valence-electron chi connectivity index (χ0n) is 18.9. The van der Waals surface area contributed by atoms with Crippen LogP contribution in [0.3, 0.4) is 0 Å². The number of alkyl carbamates (subject to hydrolysis) is 1. The molecular formula is C25H27ClN2O5. The number of nitrogens with one attached hydrogen (secondary N) is 1. The van der Waals surface area contributed by atoms with E-state index in [0.717, 1.165) is 16.5 Å². The van der Waals surface area contributed by atoms with Gasteiger partial charge in [-0.25, -0.2) is 4.79 Å². The maximum Gasteiger partial charge on any atom is 0.408 e. The Hall–Kier alpha value is -3.03. The van der Waals surface area contributed by atoms with Crippen LogP contribution >= 0.6 is 11.6 Å². The molecule has 0 atom stereocenters. The zero-order valence-corrected chi connectivity index (χ0v) is 19.7. The van der Waals surface area contributed by atoms with Crippen molar-refractivity contribution in [3.8, 4) is 11.1 Å². The third-order valence-corrected chi connectivity index (χ3v) is 5.47. The molecule has 1 aliphatic heterocycles. The number of furan rings is 1. The summed E-state index contributed by atoms with van der Waals surface area (Å²) in [6, 6.07) is 13.1. The highest BCUT2D eigenvalue weighted by Crippen LogP contribution is 2.33. The van der Waals surface area contributed by atoms with Crippen LogP contribution < -0.4 is 5.32 Å². The molecule has 2 heterocycles. The van der Waals surface area contributed by atoms with E-state index in [2.05, 4.69) is 5.32 Å². The average molecular weight is 471 g/mol. The van der Waals surface area contributed by atoms with Crippen molar-refractivity contribution in [3.63, 3.8) is 0 Å². The molecule has 0 aliphatic carbocycles. The van der Waals surface area contributed by atoms with Gasteiger partial charge in [-0.1, -0.05) is 23.7 Å². The lowest BCUT2D eigenvalue weighted by Crippen LogP contribution is -2.40. The Balaban J connectivity index is 1.49. The Kier molecular flexibility index (Phi) is 6.63. The fourth-order valence-electron chi connectivity index (χ4n) is 3.65. The van der Waals surface area contributed by atoms with Crippen molar-refractivity contribution in [1.29, 1.82) is 0 Å². The van der Waals surface area contributed by atoms with Gasteiger partial charge in [-0.3, -0.25) is 4.79 Å². The molecule has 0 bridgehead atoms. The molecule has 2 aromatic carbocycles. The molecule has 3 aromatic rings. The second-order valence-electron chi connectivity index (χ2n) is 8.93. The van der Waals surface area contributed by atoms with E-state index >= 15 is 0 Å². The molecule has 1 aliphatic rings. The van der Waals surface area contributed by atoms with Gasteiger partial charge in [0.25, 0.3) is 5.91 Å². The Morgan fingerprint density at radius 1 is 1.06 bits per heavy atom. The number of hydrogen-bond donors (Lipinski definition) is 1. The topological polar surface area (TPSA) is 81.0 Å². The molecule has 0 spiro atoms. The lowest BCUT2D eigenvalue weighted by atomic mass is 10.0. The highest BCUT2D eigenvalue weighted by molar-refractivity contribution is 6.35. The molecule has 4 rings (SSSR count). The first-order valence-electron chi connectivity index (χ1n) is 10.9. The van der Waals surface area contributed by atoms with Crippen molar-refractivity contribution >= 4 is 34.6 Å². The van der Waals surface area contributed by atoms with Gasteiger partial charge in [0.15, 0.2) is 5.58 Å². The van der Waals surface area contributed by atoms with Gasteiger partial charge < -0.3 is 24.1 Å². The van der Waals surface area contributed by atoms with E-state index in [1.54, 1.807) is 25.7 Å². The fourth-order valence-corrected chi connectivity index (χ4v) is 3.91. The van der Waals surface area contributed by atoms with Gasteiger partial charge >= 0.3 is 6.09 Å². The summed E-state index contributed by atoms with van der Waals surface area (Å²) in [5, 5.41) is 3.98. The Morgan fingerprint density at radius 2 is 1.76 bits per heavy atom. The minimum absolute atomic E-state index is 0.00954. The first-order chi connectivity index (χ1) is 15.7. The minimum atomic E-state index is -0.571. The van der Waals surface area contributed by atoms with Crippen molar-refractivity contribution in [3.05, 3.63) is 58.8 Å². The summed E-state index contributed by atoms with van der Waals surface area (Å²) < 4.78 is 16.4. The van der Waals surface area contributed by atoms with Gasteiger partial charge in [-0.05, 0) is 62.2 Å². The number of halogens is 1. The molecule has 1 fully saturated rings. The van der Waals surface area contributed by atoms with Crippen molar-refractivity contribution in [2.45, 2.75) is 32.9 Å². The monoisotopic (exact) mass is 470 g/mol. The molecule has 1 saturated heterocycles. The Labute approximate surface area is 197 Å². The number of carbonyl (C=O) groups excluding carboxylic acids is 2. The number of ether oxygens (including phenoxy) is 2. The zero-order chi connectivity index (χ0) is 23.6. The quantitative estimate of drug-likeness (QED) is 0.563. The summed E-state index contributed by atoms with van der Waals surface area (Å²) in [5.74, 6) is 0.580. The van der Waals surface area contributed by atoms with E-state index in [4.69, 9.17) is 25.5 Å². The number of benzene rings is 2. The van der Waals surface area contributed by atoms with E-state index in [1.165, 1.54) is 0 Å². The molecule has 2 amide bonds. The van der Waals surface area contributed by atoms with Crippen LogP contribution in [-0.2, 0) is 16.0 Å². The van der Waals surface area contributed by atoms with E-state index in [1.807, 2.05) is 42.5 Å². The van der Waals surface area contributed by atoms with Crippen molar-refractivity contribution in [2.24, 2.45) is 0 Å². The van der Waals surface area contributed by atoms with Crippen LogP contribution in [0.4, 0.5) is 4.79 Å². The van der Waals surface area contributed by atoms with E-state index in [-0.39, 0.29) is 12.5 Å². The van der Waals surface area contributed by atoms with Crippen molar-refractivity contribution < 1.29 is 23.5 Å². The van der Waals surface area contributed by atoms with Gasteiger partial charge in [0, 0.05) is 24.0 Å². The summed E-state index contributed by atoms with van der Waals surface area (Å²) >= 11 is 6.48. The maximum atomic E-state index is 12.7. The lowest BCUT2D eigenvalue weighted by molar-refractivity contribution is 0.0303. The normalized spacial score (nSPS) is 14.4. The highest BCUT2D eigenvalue weighted by atomic mass is 35.5. The van der Waals surface area contributed by atoms with Crippen molar-refractivity contribution in [1.82, 2.24) is 10.2 Å². The smallest absolute Gasteiger partial charge is 0.408 e. The first kappa shape index (κ1) is 23.1. The summed E-state index contributed by atoms with van der Waals surface area (Å²) in [5.41, 5.74) is 2.47. The Morgan fingerprint density at radius 3 is 2.42 bits per heavy atom. The van der Waals surface area contributed by atoms with E-state index in [9.17, 15) is 9.59 Å². The number of nitrogens with zero attached hydrogens (tertiary/aromatic N) is 1. The highest BCUT2D eigenvalue weighted by Gasteiger charge is 2.19. The third kappa shape index (κ3) is 5.67. The minimum Gasteiger partial charge on any atom is -0.458 e. The SMILES string of the molecule is CC(C)(C)OC(=O)NCc1cc2cc(-c3ccc(C(=O)N4CCOCC4)cc3)cc(Cl)c2o1. The van der Waals surface area contributed by atoms with Crippen LogP contribution in [0.1, 0.15) is 36.9 Å². The van der Waals surface area contributed by atoms with Crippen LogP contribution in [0.25, 0.3) is 22.1 Å². The Bertz CT molecular complexity index is 1160. The van der Waals surface area contributed by atoms with E-state index in [0.29, 0.717) is 48.2 Å². The molecule has 0 radical (unpaired) electrons. The number of morpholine rings is 1. The molecule has 0 saturated carbocycles. The summed E-state index contributed by atoms with van der Waals surface area (Å²) in [6.45, 7) is 7.97. The molecule has 8 heteroatoms. The van der Waals surface area contributed by atoms with Gasteiger partial charge in [0.2, 0.25) is 0 Å². The predicted octanol–water partition coefficient (Wildman–Crippen LogP) is 5.25. The number of carbonyl (C=O) groups is 2. The van der Waals surface area contributed by atoms with Crippen LogP contribution in [0.2, 0.25) is 5.02 Å². The maximum absolute atomic E-state index is 12.7. The van der Waals surface area contributed by atoms with Crippen LogP contribution in [0.15, 0.2) is 46.9 Å². The molecule has 1 aromatic heterocycles. The van der Waals surface area contributed by atoms with Crippen LogP contribution in [0, 0.1) is 0 Å². The molecule has 1 N–H and O–H groups in total. The average Bonchev–Trinajstić information content (AvgIpc) is 3.20. The molecule has 0 unspecified atom stereocenters. The summed E-state index contributed by atoms with van der Waals surface area (Å²) in [6.07, 6.45) is -0.513. The van der Waals surface area contributed by atoms with Crippen LogP contribution in [0.5, 0.6) is 0 Å². The summed E-state index contributed by atoms with van der Waals surface area (Å²) in [4.78, 5) is 26.4. The summed E-state index contributed by atoms with van der Waals surface area (Å²) in [7, 11) is 0. The van der Waals surface area contributed by atoms with Gasteiger partial charge in [-0.15, -0.1) is 0 Å².